The first-order valence-electron chi connectivity index (χ1n) is 10.4. The monoisotopic (exact) mass is 363 g/mol. The van der Waals surface area contributed by atoms with Crippen molar-refractivity contribution in [1.29, 1.82) is 0 Å². The van der Waals surface area contributed by atoms with Crippen molar-refractivity contribution in [3.63, 3.8) is 0 Å². The minimum Gasteiger partial charge on any atom is -0.392 e. The van der Waals surface area contributed by atoms with Gasteiger partial charge in [-0.05, 0) is 50.4 Å². The zero-order chi connectivity index (χ0) is 19.1. The number of carbonyl (C=O) groups excluding carboxylic acids is 1. The van der Waals surface area contributed by atoms with E-state index < -0.39 is 0 Å². The molecule has 5 atom stereocenters. The fraction of sp³-hybridized carbons (Fsp3) is 0.773. The lowest BCUT2D eigenvalue weighted by Crippen LogP contribution is -2.21. The average Bonchev–Trinajstić information content (AvgIpc) is 3.11. The van der Waals surface area contributed by atoms with Crippen LogP contribution < -0.4 is 0 Å². The highest BCUT2D eigenvalue weighted by Crippen LogP contribution is 2.48. The summed E-state index contributed by atoms with van der Waals surface area (Å²) >= 11 is 0. The minimum atomic E-state index is -0.385. The first-order chi connectivity index (χ1) is 12.4. The van der Waals surface area contributed by atoms with Crippen LogP contribution in [-0.2, 0) is 4.79 Å². The van der Waals surface area contributed by atoms with Crippen LogP contribution in [0.3, 0.4) is 0 Å². The Kier molecular flexibility index (Phi) is 8.36. The molecule has 0 aromatic carbocycles. The summed E-state index contributed by atoms with van der Waals surface area (Å²) in [5.74, 6) is 1.33. The van der Waals surface area contributed by atoms with Gasteiger partial charge in [-0.15, -0.1) is 0 Å². The number of aliphatic hydroxyl groups is 2. The number of fused-ring (bicyclic) bond motifs is 1. The highest BCUT2D eigenvalue weighted by Gasteiger charge is 2.43. The number of hydrogen-bond acceptors (Lipinski definition) is 3. The van der Waals surface area contributed by atoms with Crippen LogP contribution in [0.1, 0.15) is 64.7 Å². The largest absolute Gasteiger partial charge is 0.392 e. The smallest absolute Gasteiger partial charge is 0.222 e. The quantitative estimate of drug-likeness (QED) is 0.460. The van der Waals surface area contributed by atoms with Crippen molar-refractivity contribution >= 4 is 5.91 Å². The van der Waals surface area contributed by atoms with Crippen molar-refractivity contribution in [2.75, 3.05) is 14.1 Å². The standard InChI is InChI=1S/C22H37NO3/c1-4-5-9-18(24)11-12-19-20-14-16(13-17(20)15-21(19)25)8-6-7-10-22(26)23(2)3/h11-13,17-21,24-25H,4-10,14-15H2,1-3H3/t17-,18+,19+,20-,21+/m0/s1. The Morgan fingerprint density at radius 3 is 2.81 bits per heavy atom. The minimum absolute atomic E-state index is 0.167. The highest BCUT2D eigenvalue weighted by atomic mass is 16.3. The summed E-state index contributed by atoms with van der Waals surface area (Å²) in [4.78, 5) is 13.3. The Labute approximate surface area is 159 Å². The number of allylic oxidation sites excluding steroid dienone is 2. The van der Waals surface area contributed by atoms with E-state index in [4.69, 9.17) is 0 Å². The van der Waals surface area contributed by atoms with Crippen molar-refractivity contribution in [2.24, 2.45) is 17.8 Å². The van der Waals surface area contributed by atoms with Crippen LogP contribution in [0, 0.1) is 17.8 Å². The van der Waals surface area contributed by atoms with Gasteiger partial charge in [0.1, 0.15) is 0 Å². The molecule has 0 radical (unpaired) electrons. The molecular formula is C22H37NO3. The molecule has 2 N–H and O–H groups in total. The van der Waals surface area contributed by atoms with E-state index in [1.54, 1.807) is 19.0 Å². The van der Waals surface area contributed by atoms with E-state index in [0.717, 1.165) is 51.4 Å². The number of amides is 1. The van der Waals surface area contributed by atoms with Crippen LogP contribution in [0.4, 0.5) is 0 Å². The third-order valence-corrected chi connectivity index (χ3v) is 6.00. The van der Waals surface area contributed by atoms with Gasteiger partial charge in [-0.2, -0.15) is 0 Å². The molecule has 1 saturated carbocycles. The molecule has 0 spiro atoms. The van der Waals surface area contributed by atoms with Crippen molar-refractivity contribution in [1.82, 2.24) is 4.90 Å². The molecule has 2 aliphatic rings. The molecule has 26 heavy (non-hydrogen) atoms. The summed E-state index contributed by atoms with van der Waals surface area (Å²) in [5, 5.41) is 20.4. The summed E-state index contributed by atoms with van der Waals surface area (Å²) in [6, 6.07) is 0. The molecule has 2 aliphatic carbocycles. The molecule has 2 rings (SSSR count). The lowest BCUT2D eigenvalue weighted by molar-refractivity contribution is -0.128. The zero-order valence-corrected chi connectivity index (χ0v) is 16.7. The molecule has 0 aromatic rings. The second-order valence-electron chi connectivity index (χ2n) is 8.33. The van der Waals surface area contributed by atoms with Crippen molar-refractivity contribution < 1.29 is 15.0 Å². The number of hydrogen-bond donors (Lipinski definition) is 2. The van der Waals surface area contributed by atoms with Crippen molar-refractivity contribution in [3.05, 3.63) is 23.8 Å². The van der Waals surface area contributed by atoms with Crippen LogP contribution in [0.15, 0.2) is 23.8 Å². The first-order valence-corrected chi connectivity index (χ1v) is 10.4. The van der Waals surface area contributed by atoms with Gasteiger partial charge in [-0.3, -0.25) is 4.79 Å². The fourth-order valence-electron chi connectivity index (χ4n) is 4.41. The maximum Gasteiger partial charge on any atom is 0.222 e. The highest BCUT2D eigenvalue weighted by molar-refractivity contribution is 5.75. The van der Waals surface area contributed by atoms with E-state index in [1.165, 1.54) is 5.57 Å². The maximum atomic E-state index is 11.6. The Hall–Kier alpha value is -1.13. The van der Waals surface area contributed by atoms with Gasteiger partial charge in [0.25, 0.3) is 0 Å². The Balaban J connectivity index is 1.77. The molecule has 1 fully saturated rings. The lowest BCUT2D eigenvalue weighted by atomic mass is 9.88. The van der Waals surface area contributed by atoms with Gasteiger partial charge in [0.15, 0.2) is 0 Å². The Morgan fingerprint density at radius 1 is 1.35 bits per heavy atom. The molecule has 0 heterocycles. The van der Waals surface area contributed by atoms with E-state index in [9.17, 15) is 15.0 Å². The summed E-state index contributed by atoms with van der Waals surface area (Å²) in [7, 11) is 3.61. The summed E-state index contributed by atoms with van der Waals surface area (Å²) < 4.78 is 0. The number of nitrogens with zero attached hydrogens (tertiary/aromatic N) is 1. The molecule has 1 amide bonds. The van der Waals surface area contributed by atoms with Crippen molar-refractivity contribution in [3.8, 4) is 0 Å². The molecule has 148 valence electrons. The van der Waals surface area contributed by atoms with Gasteiger partial charge in [0.2, 0.25) is 5.91 Å². The Bertz CT molecular complexity index is 512. The molecule has 0 bridgehead atoms. The van der Waals surface area contributed by atoms with Crippen LogP contribution in [0.25, 0.3) is 0 Å². The number of unbranched alkanes of at least 4 members (excludes halogenated alkanes) is 2. The zero-order valence-electron chi connectivity index (χ0n) is 16.7. The molecular weight excluding hydrogens is 326 g/mol. The van der Waals surface area contributed by atoms with Gasteiger partial charge in [0, 0.05) is 26.4 Å². The summed E-state index contributed by atoms with van der Waals surface area (Å²) in [5.41, 5.74) is 1.49. The number of carbonyl (C=O) groups is 1. The Morgan fingerprint density at radius 2 is 2.12 bits per heavy atom. The predicted molar refractivity (Wildman–Crippen MR) is 106 cm³/mol. The molecule has 0 aromatic heterocycles. The summed E-state index contributed by atoms with van der Waals surface area (Å²) in [6.45, 7) is 2.13. The van der Waals surface area contributed by atoms with Crippen LogP contribution in [0.5, 0.6) is 0 Å². The summed E-state index contributed by atoms with van der Waals surface area (Å²) in [6.07, 6.45) is 14.2. The van der Waals surface area contributed by atoms with Gasteiger partial charge < -0.3 is 15.1 Å². The molecule has 4 nitrogen and oxygen atoms in total. The second-order valence-corrected chi connectivity index (χ2v) is 8.33. The number of aliphatic hydroxyl groups excluding tert-OH is 2. The molecule has 4 heteroatoms. The van der Waals surface area contributed by atoms with Crippen LogP contribution in [-0.4, -0.2) is 47.3 Å². The van der Waals surface area contributed by atoms with E-state index in [2.05, 4.69) is 19.1 Å². The van der Waals surface area contributed by atoms with Crippen LogP contribution >= 0.6 is 0 Å². The fourth-order valence-corrected chi connectivity index (χ4v) is 4.41. The predicted octanol–water partition coefficient (Wildman–Crippen LogP) is 3.69. The second kappa shape index (κ2) is 10.3. The van der Waals surface area contributed by atoms with Gasteiger partial charge in [-0.25, -0.2) is 0 Å². The van der Waals surface area contributed by atoms with Crippen LogP contribution in [0.2, 0.25) is 0 Å². The SMILES string of the molecule is CCCC[C@@H](O)C=C[C@@H]1[C@H]2CC(CCCCC(=O)N(C)C)=C[C@H]2C[C@H]1O. The topological polar surface area (TPSA) is 60.8 Å². The van der Waals surface area contributed by atoms with Gasteiger partial charge in [0.05, 0.1) is 12.2 Å². The van der Waals surface area contributed by atoms with E-state index in [-0.39, 0.29) is 24.0 Å². The van der Waals surface area contributed by atoms with E-state index >= 15 is 0 Å². The van der Waals surface area contributed by atoms with E-state index in [0.29, 0.717) is 18.3 Å². The number of rotatable bonds is 10. The van der Waals surface area contributed by atoms with Gasteiger partial charge >= 0.3 is 0 Å². The van der Waals surface area contributed by atoms with E-state index in [1.807, 2.05) is 6.08 Å². The normalized spacial score (nSPS) is 29.0. The van der Waals surface area contributed by atoms with Gasteiger partial charge in [-0.1, -0.05) is 43.6 Å². The molecule has 0 unspecified atom stereocenters. The third-order valence-electron chi connectivity index (χ3n) is 6.00. The molecule has 0 aliphatic heterocycles. The van der Waals surface area contributed by atoms with Crippen molar-refractivity contribution in [2.45, 2.75) is 76.9 Å². The molecule has 0 saturated heterocycles. The maximum absolute atomic E-state index is 11.6. The lowest BCUT2D eigenvalue weighted by Gasteiger charge is -2.19. The first kappa shape index (κ1) is 21.2. The third kappa shape index (κ3) is 5.95. The average molecular weight is 364 g/mol.